The largest absolute Gasteiger partial charge is 0.305 e. The van der Waals surface area contributed by atoms with Gasteiger partial charge in [0.25, 0.3) is 0 Å². The zero-order chi connectivity index (χ0) is 7.40. The molecule has 10 heavy (non-hydrogen) atoms. The van der Waals surface area contributed by atoms with Crippen LogP contribution in [0.3, 0.4) is 0 Å². The maximum atomic E-state index is 4.13. The lowest BCUT2D eigenvalue weighted by Gasteiger charge is -2.29. The van der Waals surface area contributed by atoms with Crippen LogP contribution < -0.4 is 5.32 Å². The standard InChI is InChI=1S/C7H16N2S/c1-9-4-2-3-7(5-9)8-6-10/h7-8,10H,2-6H2,1H3. The van der Waals surface area contributed by atoms with E-state index in [-0.39, 0.29) is 0 Å². The van der Waals surface area contributed by atoms with Crippen molar-refractivity contribution in [2.75, 3.05) is 26.0 Å². The van der Waals surface area contributed by atoms with Crippen LogP contribution in [0.15, 0.2) is 0 Å². The summed E-state index contributed by atoms with van der Waals surface area (Å²) in [7, 11) is 2.17. The molecule has 0 aromatic heterocycles. The Hall–Kier alpha value is 0.270. The maximum Gasteiger partial charge on any atom is 0.0390 e. The molecule has 1 fully saturated rings. The second-order valence-electron chi connectivity index (χ2n) is 2.96. The summed E-state index contributed by atoms with van der Waals surface area (Å²) >= 11 is 4.13. The molecule has 0 aromatic carbocycles. The lowest BCUT2D eigenvalue weighted by Crippen LogP contribution is -2.43. The fourth-order valence-corrected chi connectivity index (χ4v) is 1.72. The van der Waals surface area contributed by atoms with Crippen molar-refractivity contribution in [3.05, 3.63) is 0 Å². The van der Waals surface area contributed by atoms with Crippen molar-refractivity contribution in [1.82, 2.24) is 10.2 Å². The molecule has 1 N–H and O–H groups in total. The summed E-state index contributed by atoms with van der Waals surface area (Å²) in [4.78, 5) is 2.37. The SMILES string of the molecule is CN1CCCC(NCS)C1. The number of likely N-dealkylation sites (tertiary alicyclic amines) is 1. The quantitative estimate of drug-likeness (QED) is 0.453. The van der Waals surface area contributed by atoms with Gasteiger partial charge in [-0.1, -0.05) is 0 Å². The van der Waals surface area contributed by atoms with Crippen LogP contribution in [0.2, 0.25) is 0 Å². The number of hydrogen-bond donors (Lipinski definition) is 2. The van der Waals surface area contributed by atoms with Crippen molar-refractivity contribution in [3.8, 4) is 0 Å². The number of rotatable bonds is 2. The summed E-state index contributed by atoms with van der Waals surface area (Å²) in [6.45, 7) is 2.44. The molecule has 0 saturated carbocycles. The lowest BCUT2D eigenvalue weighted by atomic mass is 10.1. The first-order valence-corrected chi connectivity index (χ1v) is 4.49. The van der Waals surface area contributed by atoms with E-state index in [2.05, 4.69) is 29.9 Å². The van der Waals surface area contributed by atoms with Gasteiger partial charge in [-0.05, 0) is 26.4 Å². The summed E-state index contributed by atoms with van der Waals surface area (Å²) in [5.41, 5.74) is 0. The number of thiol groups is 1. The molecule has 0 radical (unpaired) electrons. The van der Waals surface area contributed by atoms with Gasteiger partial charge >= 0.3 is 0 Å². The number of piperidine rings is 1. The highest BCUT2D eigenvalue weighted by molar-refractivity contribution is 7.80. The molecule has 3 heteroatoms. The van der Waals surface area contributed by atoms with Gasteiger partial charge in [0, 0.05) is 18.5 Å². The number of hydrogen-bond acceptors (Lipinski definition) is 3. The number of nitrogens with zero attached hydrogens (tertiary/aromatic N) is 1. The van der Waals surface area contributed by atoms with Crippen LogP contribution in [-0.2, 0) is 0 Å². The monoisotopic (exact) mass is 160 g/mol. The highest BCUT2D eigenvalue weighted by Gasteiger charge is 2.14. The van der Waals surface area contributed by atoms with Crippen LogP contribution in [0.5, 0.6) is 0 Å². The smallest absolute Gasteiger partial charge is 0.0390 e. The molecular weight excluding hydrogens is 144 g/mol. The van der Waals surface area contributed by atoms with E-state index in [0.29, 0.717) is 6.04 Å². The topological polar surface area (TPSA) is 15.3 Å². The van der Waals surface area contributed by atoms with Gasteiger partial charge in [0.05, 0.1) is 0 Å². The van der Waals surface area contributed by atoms with Gasteiger partial charge in [0.15, 0.2) is 0 Å². The van der Waals surface area contributed by atoms with Crippen molar-refractivity contribution in [2.45, 2.75) is 18.9 Å². The predicted octanol–water partition coefficient (Wildman–Crippen LogP) is 0.557. The molecule has 0 aliphatic carbocycles. The average molecular weight is 160 g/mol. The number of likely N-dealkylation sites (N-methyl/N-ethyl adjacent to an activating group) is 1. The molecule has 60 valence electrons. The molecule has 1 aliphatic rings. The molecule has 0 amide bonds. The summed E-state index contributed by atoms with van der Waals surface area (Å²) in [6.07, 6.45) is 2.63. The minimum Gasteiger partial charge on any atom is -0.305 e. The first-order chi connectivity index (χ1) is 4.83. The van der Waals surface area contributed by atoms with Crippen LogP contribution in [0.25, 0.3) is 0 Å². The van der Waals surface area contributed by atoms with Crippen molar-refractivity contribution in [1.29, 1.82) is 0 Å². The van der Waals surface area contributed by atoms with E-state index in [1.807, 2.05) is 0 Å². The van der Waals surface area contributed by atoms with Gasteiger partial charge in [0.1, 0.15) is 0 Å². The third-order valence-electron chi connectivity index (χ3n) is 2.00. The van der Waals surface area contributed by atoms with Crippen molar-refractivity contribution < 1.29 is 0 Å². The summed E-state index contributed by atoms with van der Waals surface area (Å²) < 4.78 is 0. The second kappa shape index (κ2) is 4.21. The van der Waals surface area contributed by atoms with Crippen LogP contribution >= 0.6 is 12.6 Å². The van der Waals surface area contributed by atoms with E-state index >= 15 is 0 Å². The Kier molecular flexibility index (Phi) is 3.52. The van der Waals surface area contributed by atoms with E-state index in [9.17, 15) is 0 Å². The Morgan fingerprint density at radius 3 is 3.10 bits per heavy atom. The summed E-state index contributed by atoms with van der Waals surface area (Å²) in [5, 5.41) is 3.34. The highest BCUT2D eigenvalue weighted by Crippen LogP contribution is 2.07. The Labute approximate surface area is 68.4 Å². The molecule has 1 saturated heterocycles. The minimum atomic E-state index is 0.677. The van der Waals surface area contributed by atoms with Gasteiger partial charge in [-0.15, -0.1) is 0 Å². The summed E-state index contributed by atoms with van der Waals surface area (Å²) in [5.74, 6) is 0.804. The van der Waals surface area contributed by atoms with Crippen LogP contribution in [-0.4, -0.2) is 37.0 Å². The van der Waals surface area contributed by atoms with Gasteiger partial charge in [-0.2, -0.15) is 12.6 Å². The average Bonchev–Trinajstić information content (AvgIpc) is 1.88. The Bertz CT molecular complexity index is 95.6. The zero-order valence-corrected chi connectivity index (χ0v) is 7.40. The maximum absolute atomic E-state index is 4.13. The molecule has 0 aromatic rings. The fraction of sp³-hybridized carbons (Fsp3) is 1.00. The van der Waals surface area contributed by atoms with E-state index in [0.717, 1.165) is 5.88 Å². The molecule has 0 bridgehead atoms. The zero-order valence-electron chi connectivity index (χ0n) is 6.51. The van der Waals surface area contributed by atoms with Crippen LogP contribution in [0, 0.1) is 0 Å². The lowest BCUT2D eigenvalue weighted by molar-refractivity contribution is 0.233. The fourth-order valence-electron chi connectivity index (χ4n) is 1.46. The van der Waals surface area contributed by atoms with Crippen molar-refractivity contribution in [3.63, 3.8) is 0 Å². The Morgan fingerprint density at radius 2 is 2.50 bits per heavy atom. The van der Waals surface area contributed by atoms with Gasteiger partial charge in [-0.25, -0.2) is 0 Å². The van der Waals surface area contributed by atoms with E-state index in [1.165, 1.54) is 25.9 Å². The molecular formula is C7H16N2S. The molecule has 2 nitrogen and oxygen atoms in total. The first-order valence-electron chi connectivity index (χ1n) is 3.85. The van der Waals surface area contributed by atoms with Gasteiger partial charge in [-0.3, -0.25) is 0 Å². The Balaban J connectivity index is 2.18. The summed E-state index contributed by atoms with van der Waals surface area (Å²) in [6, 6.07) is 0.677. The number of nitrogens with one attached hydrogen (secondary N) is 1. The van der Waals surface area contributed by atoms with E-state index in [4.69, 9.17) is 0 Å². The third kappa shape index (κ3) is 2.48. The molecule has 1 atom stereocenters. The molecule has 1 aliphatic heterocycles. The molecule has 0 spiro atoms. The van der Waals surface area contributed by atoms with Crippen molar-refractivity contribution >= 4 is 12.6 Å². The Morgan fingerprint density at radius 1 is 1.70 bits per heavy atom. The van der Waals surface area contributed by atoms with Crippen LogP contribution in [0.4, 0.5) is 0 Å². The second-order valence-corrected chi connectivity index (χ2v) is 3.28. The molecule has 1 rings (SSSR count). The van der Waals surface area contributed by atoms with Crippen LogP contribution in [0.1, 0.15) is 12.8 Å². The predicted molar refractivity (Wildman–Crippen MR) is 47.5 cm³/mol. The van der Waals surface area contributed by atoms with Gasteiger partial charge < -0.3 is 10.2 Å². The third-order valence-corrected chi connectivity index (χ3v) is 2.19. The van der Waals surface area contributed by atoms with Gasteiger partial charge in [0.2, 0.25) is 0 Å². The molecule has 1 unspecified atom stereocenters. The van der Waals surface area contributed by atoms with E-state index in [1.54, 1.807) is 0 Å². The normalized spacial score (nSPS) is 28.8. The minimum absolute atomic E-state index is 0.677. The van der Waals surface area contributed by atoms with E-state index < -0.39 is 0 Å². The first kappa shape index (κ1) is 8.37. The highest BCUT2D eigenvalue weighted by atomic mass is 32.1. The van der Waals surface area contributed by atoms with Crippen molar-refractivity contribution in [2.24, 2.45) is 0 Å². The molecule has 1 heterocycles.